The van der Waals surface area contributed by atoms with Crippen LogP contribution in [0.15, 0.2) is 121 Å². The van der Waals surface area contributed by atoms with E-state index in [4.69, 9.17) is 36.0 Å². The van der Waals surface area contributed by atoms with E-state index in [1.54, 1.807) is 42.7 Å². The van der Waals surface area contributed by atoms with Gasteiger partial charge in [0.2, 0.25) is 0 Å². The molecule has 286 valence electrons. The summed E-state index contributed by atoms with van der Waals surface area (Å²) in [5.74, 6) is 1.66. The van der Waals surface area contributed by atoms with Gasteiger partial charge in [0.15, 0.2) is 0 Å². The fourth-order valence-corrected chi connectivity index (χ4v) is 11.6. The minimum absolute atomic E-state index is 0.527. The van der Waals surface area contributed by atoms with E-state index in [-0.39, 0.29) is 0 Å². The predicted molar refractivity (Wildman–Crippen MR) is 222 cm³/mol. The van der Waals surface area contributed by atoms with Crippen molar-refractivity contribution in [3.05, 3.63) is 144 Å². The average Bonchev–Trinajstić information content (AvgIpc) is 3.55. The van der Waals surface area contributed by atoms with E-state index in [1.165, 1.54) is 33.4 Å². The largest absolute Gasteiger partial charge is 0.500 e. The average molecular weight is 775 g/mol. The normalized spacial score (nSPS) is 13.6. The van der Waals surface area contributed by atoms with Crippen molar-refractivity contribution in [1.82, 2.24) is 0 Å². The maximum Gasteiger partial charge on any atom is 0.500 e. The molecule has 0 bridgehead atoms. The quantitative estimate of drug-likeness (QED) is 0.0631. The second-order valence-electron chi connectivity index (χ2n) is 13.8. The zero-order valence-corrected chi connectivity index (χ0v) is 34.6. The summed E-state index contributed by atoms with van der Waals surface area (Å²) in [6.07, 6.45) is 1.53. The van der Waals surface area contributed by atoms with Crippen LogP contribution in [-0.2, 0) is 32.0 Å². The molecule has 0 N–H and O–H groups in total. The fourth-order valence-electron chi connectivity index (χ4n) is 8.19. The summed E-state index contributed by atoms with van der Waals surface area (Å²) in [6, 6.07) is 45.5. The molecule has 6 aromatic carbocycles. The summed E-state index contributed by atoms with van der Waals surface area (Å²) >= 11 is 0. The predicted octanol–water partition coefficient (Wildman–Crippen LogP) is 9.65. The second-order valence-corrected chi connectivity index (χ2v) is 20.0. The van der Waals surface area contributed by atoms with E-state index in [1.807, 2.05) is 0 Å². The Balaban J connectivity index is 1.21. The van der Waals surface area contributed by atoms with Gasteiger partial charge in [-0.05, 0) is 104 Å². The highest BCUT2D eigenvalue weighted by atomic mass is 28.4. The van der Waals surface area contributed by atoms with Crippen LogP contribution >= 0.6 is 0 Å². The first-order valence-corrected chi connectivity index (χ1v) is 22.6. The van der Waals surface area contributed by atoms with Crippen LogP contribution in [0.25, 0.3) is 32.7 Å². The lowest BCUT2D eigenvalue weighted by atomic mass is 9.67. The van der Waals surface area contributed by atoms with Crippen molar-refractivity contribution < 1.29 is 36.0 Å². The van der Waals surface area contributed by atoms with Gasteiger partial charge in [-0.3, -0.25) is 0 Å². The van der Waals surface area contributed by atoms with Gasteiger partial charge in [-0.1, -0.05) is 84.9 Å². The summed E-state index contributed by atoms with van der Waals surface area (Å²) in [5.41, 5.74) is 6.98. The maximum atomic E-state index is 6.19. The summed E-state index contributed by atoms with van der Waals surface area (Å²) in [7, 11) is 4.57. The Bertz CT molecular complexity index is 2080. The third-order valence-electron chi connectivity index (χ3n) is 11.1. The van der Waals surface area contributed by atoms with Gasteiger partial charge in [-0.2, -0.15) is 0 Å². The third kappa shape index (κ3) is 7.37. The number of benzene rings is 6. The van der Waals surface area contributed by atoms with Crippen LogP contribution in [0.3, 0.4) is 0 Å². The van der Waals surface area contributed by atoms with E-state index in [9.17, 15) is 0 Å². The molecule has 8 nitrogen and oxygen atoms in total. The smallest absolute Gasteiger partial charge is 0.494 e. The van der Waals surface area contributed by atoms with Crippen LogP contribution in [0.1, 0.15) is 35.1 Å². The summed E-state index contributed by atoms with van der Waals surface area (Å²) in [4.78, 5) is 0. The first kappa shape index (κ1) is 38.9. The van der Waals surface area contributed by atoms with Crippen molar-refractivity contribution in [1.29, 1.82) is 0 Å². The van der Waals surface area contributed by atoms with Gasteiger partial charge in [0.05, 0.1) is 18.6 Å². The van der Waals surface area contributed by atoms with Crippen LogP contribution in [-0.4, -0.2) is 73.5 Å². The Kier molecular flexibility index (Phi) is 11.9. The molecule has 10 heteroatoms. The molecule has 0 amide bonds. The van der Waals surface area contributed by atoms with E-state index in [2.05, 4.69) is 121 Å². The van der Waals surface area contributed by atoms with Gasteiger partial charge in [0.1, 0.15) is 11.5 Å². The minimum atomic E-state index is -2.63. The van der Waals surface area contributed by atoms with Gasteiger partial charge in [-0.25, -0.2) is 0 Å². The molecule has 55 heavy (non-hydrogen) atoms. The highest BCUT2D eigenvalue weighted by Crippen LogP contribution is 2.56. The van der Waals surface area contributed by atoms with Crippen molar-refractivity contribution in [2.24, 2.45) is 0 Å². The molecule has 6 aromatic rings. The molecule has 0 unspecified atom stereocenters. The molecule has 0 spiro atoms. The van der Waals surface area contributed by atoms with E-state index in [0.717, 1.165) is 45.9 Å². The molecular weight excluding hydrogens is 725 g/mol. The fraction of sp³-hybridized carbons (Fsp3) is 0.289. The molecule has 0 heterocycles. The van der Waals surface area contributed by atoms with Crippen molar-refractivity contribution in [2.75, 3.05) is 55.9 Å². The molecule has 0 radical (unpaired) electrons. The van der Waals surface area contributed by atoms with Crippen molar-refractivity contribution in [3.63, 3.8) is 0 Å². The first-order valence-electron chi connectivity index (χ1n) is 18.7. The Morgan fingerprint density at radius 3 is 1.18 bits per heavy atom. The molecule has 0 saturated carbocycles. The Labute approximate surface area is 326 Å². The van der Waals surface area contributed by atoms with Gasteiger partial charge in [-0.15, -0.1) is 0 Å². The zero-order valence-electron chi connectivity index (χ0n) is 32.6. The lowest BCUT2D eigenvalue weighted by Gasteiger charge is -2.34. The SMILES string of the molecule is CO[Si](CCCOc1ccc2cc(C3(c4ccc5cc(OCCC[Si](OC)(OC)OC)ccc5c4)c4ccccc4-c4ccccc43)ccc2c1)(OC)OC. The number of rotatable bonds is 18. The Morgan fingerprint density at radius 2 is 0.782 bits per heavy atom. The maximum absolute atomic E-state index is 6.19. The Morgan fingerprint density at radius 1 is 0.418 bits per heavy atom. The second kappa shape index (κ2) is 16.8. The van der Waals surface area contributed by atoms with Crippen LogP contribution in [0.5, 0.6) is 11.5 Å². The lowest BCUT2D eigenvalue weighted by molar-refractivity contribution is 0.120. The number of fused-ring (bicyclic) bond motifs is 5. The van der Waals surface area contributed by atoms with Crippen LogP contribution in [0.4, 0.5) is 0 Å². The molecular formula is C45H50O8Si2. The van der Waals surface area contributed by atoms with Crippen molar-refractivity contribution in [3.8, 4) is 22.6 Å². The van der Waals surface area contributed by atoms with Crippen LogP contribution < -0.4 is 9.47 Å². The highest BCUT2D eigenvalue weighted by Gasteiger charge is 2.46. The number of ether oxygens (including phenoxy) is 2. The van der Waals surface area contributed by atoms with Crippen molar-refractivity contribution in [2.45, 2.75) is 30.3 Å². The molecule has 0 aromatic heterocycles. The first-order chi connectivity index (χ1) is 26.9. The molecule has 0 atom stereocenters. The summed E-state index contributed by atoms with van der Waals surface area (Å²) in [5, 5.41) is 4.55. The van der Waals surface area contributed by atoms with Crippen LogP contribution in [0, 0.1) is 0 Å². The third-order valence-corrected chi connectivity index (χ3v) is 16.8. The minimum Gasteiger partial charge on any atom is -0.494 e. The molecule has 1 aliphatic carbocycles. The van der Waals surface area contributed by atoms with Gasteiger partial charge >= 0.3 is 17.6 Å². The van der Waals surface area contributed by atoms with Gasteiger partial charge < -0.3 is 36.0 Å². The number of hydrogen-bond acceptors (Lipinski definition) is 8. The number of hydrogen-bond donors (Lipinski definition) is 0. The molecule has 0 saturated heterocycles. The molecule has 1 aliphatic rings. The highest BCUT2D eigenvalue weighted by molar-refractivity contribution is 6.60. The topological polar surface area (TPSA) is 73.8 Å². The lowest BCUT2D eigenvalue weighted by Crippen LogP contribution is -2.42. The van der Waals surface area contributed by atoms with E-state index >= 15 is 0 Å². The zero-order chi connectivity index (χ0) is 38.5. The Hall–Kier alpha value is -4.37. The van der Waals surface area contributed by atoms with Crippen LogP contribution in [0.2, 0.25) is 12.1 Å². The van der Waals surface area contributed by atoms with Crippen molar-refractivity contribution >= 4 is 39.2 Å². The molecule has 0 fully saturated rings. The molecule has 7 rings (SSSR count). The monoisotopic (exact) mass is 774 g/mol. The molecule has 0 aliphatic heterocycles. The summed E-state index contributed by atoms with van der Waals surface area (Å²) < 4.78 is 45.8. The standard InChI is InChI=1S/C45H50O8Si2/c1-46-54(47-2,48-3)27-11-25-52-39-23-19-33-29-37(21-17-35(33)31-39)45(43-15-9-7-13-41(43)42-14-8-10-16-44(42)45)38-22-18-36-32-40(24-20-34(36)30-38)53-26-12-28-55(49-4,50-5)51-6/h7-10,13-24,29-32H,11-12,25-28H2,1-6H3. The van der Waals surface area contributed by atoms with Gasteiger partial charge in [0.25, 0.3) is 0 Å². The van der Waals surface area contributed by atoms with Gasteiger partial charge in [0, 0.05) is 54.7 Å². The van der Waals surface area contributed by atoms with E-state index in [0.29, 0.717) is 25.3 Å². The van der Waals surface area contributed by atoms with E-state index < -0.39 is 23.0 Å². The summed E-state index contributed by atoms with van der Waals surface area (Å²) in [6.45, 7) is 1.08.